The molecule has 1 radical (unpaired) electrons. The lowest BCUT2D eigenvalue weighted by atomic mass is 10.4. The van der Waals surface area contributed by atoms with Gasteiger partial charge in [0.2, 0.25) is 0 Å². The zero-order valence-corrected chi connectivity index (χ0v) is 6.94. The molecule has 12 heavy (non-hydrogen) atoms. The quantitative estimate of drug-likeness (QED) is 0.671. The van der Waals surface area contributed by atoms with E-state index in [1.807, 2.05) is 16.7 Å². The molecule has 61 valence electrons. The van der Waals surface area contributed by atoms with Gasteiger partial charge in [0.15, 0.2) is 5.65 Å². The second-order valence-electron chi connectivity index (χ2n) is 2.59. The molecule has 0 aromatic carbocycles. The van der Waals surface area contributed by atoms with Crippen LogP contribution in [-0.2, 0) is 0 Å². The highest BCUT2D eigenvalue weighted by Crippen LogP contribution is 2.09. The number of nitrogens with zero attached hydrogens (tertiary/aromatic N) is 3. The summed E-state index contributed by atoms with van der Waals surface area (Å²) in [6, 6.07) is 3.86. The Morgan fingerprint density at radius 3 is 3.25 bits per heavy atom. The number of aromatic nitrogens is 3. The van der Waals surface area contributed by atoms with Crippen molar-refractivity contribution in [2.45, 2.75) is 13.3 Å². The molecule has 0 unspecified atom stereocenters. The average molecular weight is 160 g/mol. The van der Waals surface area contributed by atoms with Crippen LogP contribution in [0.3, 0.4) is 0 Å². The van der Waals surface area contributed by atoms with Crippen LogP contribution in [0.15, 0.2) is 24.7 Å². The fourth-order valence-electron chi connectivity index (χ4n) is 1.20. The zero-order valence-electron chi connectivity index (χ0n) is 6.94. The maximum absolute atomic E-state index is 4.23. The molecule has 3 heteroatoms. The third kappa shape index (κ3) is 1.07. The molecule has 0 fully saturated rings. The summed E-state index contributed by atoms with van der Waals surface area (Å²) < 4.78 is 1.95. The maximum Gasteiger partial charge on any atom is 0.160 e. The summed E-state index contributed by atoms with van der Waals surface area (Å²) in [5, 5.41) is 0. The van der Waals surface area contributed by atoms with Gasteiger partial charge in [-0.25, -0.2) is 9.97 Å². The Morgan fingerprint density at radius 2 is 2.42 bits per heavy atom. The Morgan fingerprint density at radius 1 is 1.50 bits per heavy atom. The van der Waals surface area contributed by atoms with E-state index in [1.54, 1.807) is 12.5 Å². The summed E-state index contributed by atoms with van der Waals surface area (Å²) in [6.45, 7) is 4.15. The van der Waals surface area contributed by atoms with Crippen molar-refractivity contribution in [1.82, 2.24) is 14.5 Å². The molecular weight excluding hydrogens is 150 g/mol. The number of rotatable bonds is 2. The lowest BCUT2D eigenvalue weighted by molar-refractivity contribution is 0.886. The molecule has 2 aromatic rings. The van der Waals surface area contributed by atoms with Crippen molar-refractivity contribution in [3.8, 4) is 0 Å². The lowest BCUT2D eigenvalue weighted by Gasteiger charge is -1.97. The van der Waals surface area contributed by atoms with Crippen LogP contribution in [0.1, 0.15) is 13.3 Å². The molecule has 0 aliphatic carbocycles. The van der Waals surface area contributed by atoms with Crippen LogP contribution < -0.4 is 0 Å². The molecule has 0 aliphatic heterocycles. The standard InChI is InChI=1S/C9H10N3/c1-2-6-12-7-11-8-4-3-5-10-9(8)12/h3-7H,2H2,1H3. The number of imidazole rings is 1. The van der Waals surface area contributed by atoms with Crippen LogP contribution in [0.2, 0.25) is 0 Å². The topological polar surface area (TPSA) is 30.7 Å². The van der Waals surface area contributed by atoms with Crippen LogP contribution >= 0.6 is 0 Å². The first-order valence-corrected chi connectivity index (χ1v) is 4.02. The second-order valence-corrected chi connectivity index (χ2v) is 2.59. The maximum atomic E-state index is 4.23. The first kappa shape index (κ1) is 7.28. The largest absolute Gasteiger partial charge is 0.310 e. The summed E-state index contributed by atoms with van der Waals surface area (Å²) in [6.07, 6.45) is 4.56. The summed E-state index contributed by atoms with van der Waals surface area (Å²) in [7, 11) is 0. The van der Waals surface area contributed by atoms with Crippen LogP contribution in [0, 0.1) is 6.54 Å². The van der Waals surface area contributed by atoms with Crippen LogP contribution in [0.25, 0.3) is 11.2 Å². The van der Waals surface area contributed by atoms with Gasteiger partial charge in [0.1, 0.15) is 5.52 Å². The van der Waals surface area contributed by atoms with Crippen LogP contribution in [0.5, 0.6) is 0 Å². The molecule has 0 saturated heterocycles. The van der Waals surface area contributed by atoms with Gasteiger partial charge in [-0.05, 0) is 18.6 Å². The molecule has 2 heterocycles. The third-order valence-corrected chi connectivity index (χ3v) is 1.71. The van der Waals surface area contributed by atoms with Gasteiger partial charge in [-0.3, -0.25) is 0 Å². The molecule has 0 spiro atoms. The second kappa shape index (κ2) is 2.93. The highest BCUT2D eigenvalue weighted by atomic mass is 15.1. The van der Waals surface area contributed by atoms with Crippen molar-refractivity contribution < 1.29 is 0 Å². The van der Waals surface area contributed by atoms with Gasteiger partial charge in [0.05, 0.1) is 12.9 Å². The van der Waals surface area contributed by atoms with E-state index in [0.717, 1.165) is 17.6 Å². The molecule has 0 N–H and O–H groups in total. The molecular formula is C9H10N3. The predicted molar refractivity (Wildman–Crippen MR) is 47.5 cm³/mol. The van der Waals surface area contributed by atoms with Gasteiger partial charge in [0.25, 0.3) is 0 Å². The predicted octanol–water partition coefficient (Wildman–Crippen LogP) is 1.85. The van der Waals surface area contributed by atoms with E-state index in [2.05, 4.69) is 23.4 Å². The minimum absolute atomic E-state index is 0.930. The molecule has 0 amide bonds. The summed E-state index contributed by atoms with van der Waals surface area (Å²) in [5.74, 6) is 0. The van der Waals surface area contributed by atoms with E-state index in [9.17, 15) is 0 Å². The van der Waals surface area contributed by atoms with Crippen molar-refractivity contribution in [3.63, 3.8) is 0 Å². The fourth-order valence-corrected chi connectivity index (χ4v) is 1.20. The normalized spacial score (nSPS) is 10.8. The fraction of sp³-hybridized carbons (Fsp3) is 0.222. The summed E-state index contributed by atoms with van der Waals surface area (Å²) in [4.78, 5) is 8.44. The van der Waals surface area contributed by atoms with Crippen molar-refractivity contribution in [3.05, 3.63) is 31.2 Å². The Kier molecular flexibility index (Phi) is 1.78. The Hall–Kier alpha value is -1.38. The lowest BCUT2D eigenvalue weighted by Crippen LogP contribution is -1.92. The summed E-state index contributed by atoms with van der Waals surface area (Å²) >= 11 is 0. The zero-order chi connectivity index (χ0) is 8.39. The molecule has 0 bridgehead atoms. The number of pyridine rings is 1. The van der Waals surface area contributed by atoms with Gasteiger partial charge in [-0.15, -0.1) is 0 Å². The summed E-state index contributed by atoms with van der Waals surface area (Å²) in [5.41, 5.74) is 1.88. The molecule has 0 aliphatic rings. The highest BCUT2D eigenvalue weighted by Gasteiger charge is 2.00. The molecule has 2 aromatic heterocycles. The number of fused-ring (bicyclic) bond motifs is 1. The van der Waals surface area contributed by atoms with Gasteiger partial charge < -0.3 is 4.57 Å². The molecule has 2 rings (SSSR count). The van der Waals surface area contributed by atoms with E-state index < -0.39 is 0 Å². The van der Waals surface area contributed by atoms with Gasteiger partial charge in [-0.2, -0.15) is 0 Å². The minimum Gasteiger partial charge on any atom is -0.310 e. The van der Waals surface area contributed by atoms with E-state index in [0.29, 0.717) is 0 Å². The molecule has 0 atom stereocenters. The van der Waals surface area contributed by atoms with E-state index in [4.69, 9.17) is 0 Å². The van der Waals surface area contributed by atoms with Crippen molar-refractivity contribution in [1.29, 1.82) is 0 Å². The average Bonchev–Trinajstić information content (AvgIpc) is 2.50. The minimum atomic E-state index is 0.930. The van der Waals surface area contributed by atoms with Crippen LogP contribution in [-0.4, -0.2) is 14.5 Å². The van der Waals surface area contributed by atoms with Crippen molar-refractivity contribution in [2.75, 3.05) is 0 Å². The SMILES string of the molecule is CC[CH]n1cnc2cccnc21. The van der Waals surface area contributed by atoms with Gasteiger partial charge in [0, 0.05) is 6.20 Å². The Bertz CT molecular complexity index is 378. The van der Waals surface area contributed by atoms with Gasteiger partial charge in [-0.1, -0.05) is 6.92 Å². The molecule has 0 saturated carbocycles. The third-order valence-electron chi connectivity index (χ3n) is 1.71. The van der Waals surface area contributed by atoms with E-state index >= 15 is 0 Å². The number of hydrogen-bond donors (Lipinski definition) is 0. The highest BCUT2D eigenvalue weighted by molar-refractivity contribution is 5.70. The van der Waals surface area contributed by atoms with Gasteiger partial charge >= 0.3 is 0 Å². The number of hydrogen-bond acceptors (Lipinski definition) is 2. The first-order valence-electron chi connectivity index (χ1n) is 4.02. The first-order chi connectivity index (χ1) is 5.92. The van der Waals surface area contributed by atoms with E-state index in [-0.39, 0.29) is 0 Å². The Labute approximate surface area is 71.1 Å². The van der Waals surface area contributed by atoms with Crippen molar-refractivity contribution in [2.24, 2.45) is 0 Å². The Balaban J connectivity index is 2.55. The van der Waals surface area contributed by atoms with E-state index in [1.165, 1.54) is 0 Å². The smallest absolute Gasteiger partial charge is 0.160 e. The van der Waals surface area contributed by atoms with Crippen LogP contribution in [0.4, 0.5) is 0 Å². The molecule has 3 nitrogen and oxygen atoms in total. The van der Waals surface area contributed by atoms with Crippen molar-refractivity contribution >= 4 is 11.2 Å². The monoisotopic (exact) mass is 160 g/mol.